The smallest absolute Gasteiger partial charge is 0.245 e. The van der Waals surface area contributed by atoms with E-state index in [0.717, 1.165) is 29.1 Å². The lowest BCUT2D eigenvalue weighted by molar-refractivity contribution is -0.134. The first kappa shape index (κ1) is 22.8. The summed E-state index contributed by atoms with van der Waals surface area (Å²) < 4.78 is 5.81. The number of likely N-dealkylation sites (N-methyl/N-ethyl adjacent to an activating group) is 1. The van der Waals surface area contributed by atoms with Crippen molar-refractivity contribution in [3.05, 3.63) is 60.2 Å². The van der Waals surface area contributed by atoms with Gasteiger partial charge in [-0.05, 0) is 36.2 Å². The number of benzene rings is 2. The third-order valence-corrected chi connectivity index (χ3v) is 5.49. The van der Waals surface area contributed by atoms with Crippen molar-refractivity contribution < 1.29 is 14.3 Å². The fourth-order valence-corrected chi connectivity index (χ4v) is 3.66. The minimum Gasteiger partial charge on any atom is -0.489 e. The Kier molecular flexibility index (Phi) is 9.57. The summed E-state index contributed by atoms with van der Waals surface area (Å²) >= 11 is 1.55. The number of amides is 2. The lowest BCUT2D eigenvalue weighted by Gasteiger charge is -2.24. The summed E-state index contributed by atoms with van der Waals surface area (Å²) in [6.45, 7) is 4.75. The number of thioether (sulfide) groups is 1. The molecule has 6 heteroatoms. The molecular formula is C23H30N2O3S. The molecule has 0 aliphatic rings. The van der Waals surface area contributed by atoms with Gasteiger partial charge in [-0.2, -0.15) is 0 Å². The van der Waals surface area contributed by atoms with Crippen molar-refractivity contribution in [2.24, 2.45) is 0 Å². The predicted molar refractivity (Wildman–Crippen MR) is 118 cm³/mol. The first-order chi connectivity index (χ1) is 14.0. The number of carbonyl (C=O) groups excluding carboxylic acids is 2. The zero-order valence-corrected chi connectivity index (χ0v) is 18.2. The molecule has 29 heavy (non-hydrogen) atoms. The number of ether oxygens (including phenoxy) is 1. The van der Waals surface area contributed by atoms with Crippen molar-refractivity contribution in [2.45, 2.75) is 44.2 Å². The molecule has 1 N–H and O–H groups in total. The topological polar surface area (TPSA) is 58.6 Å². The molecule has 0 saturated carbocycles. The highest BCUT2D eigenvalue weighted by Gasteiger charge is 2.22. The van der Waals surface area contributed by atoms with Crippen molar-refractivity contribution in [1.29, 1.82) is 0 Å². The molecule has 0 aliphatic heterocycles. The number of carbonyl (C=O) groups is 2. The molecule has 2 rings (SSSR count). The molecule has 2 aromatic carbocycles. The van der Waals surface area contributed by atoms with Crippen LogP contribution in [0.2, 0.25) is 0 Å². The first-order valence-electron chi connectivity index (χ1n) is 9.91. The molecule has 0 aromatic heterocycles. The Labute approximate surface area is 177 Å². The number of hydrogen-bond donors (Lipinski definition) is 1. The summed E-state index contributed by atoms with van der Waals surface area (Å²) in [5.74, 6) is 1.03. The molecule has 156 valence electrons. The van der Waals surface area contributed by atoms with Crippen molar-refractivity contribution >= 4 is 23.6 Å². The fraction of sp³-hybridized carbons (Fsp3) is 0.391. The van der Waals surface area contributed by atoms with Crippen LogP contribution in [0.15, 0.2) is 59.5 Å². The van der Waals surface area contributed by atoms with E-state index in [9.17, 15) is 9.59 Å². The van der Waals surface area contributed by atoms with Gasteiger partial charge in [-0.1, -0.05) is 43.7 Å². The largest absolute Gasteiger partial charge is 0.489 e. The lowest BCUT2D eigenvalue weighted by Crippen LogP contribution is -2.48. The second kappa shape index (κ2) is 12.2. The normalized spacial score (nSPS) is 11.6. The summed E-state index contributed by atoms with van der Waals surface area (Å²) in [5, 5.41) is 2.78. The van der Waals surface area contributed by atoms with Crippen LogP contribution in [0.25, 0.3) is 0 Å². The maximum Gasteiger partial charge on any atom is 0.245 e. The first-order valence-corrected chi connectivity index (χ1v) is 10.9. The monoisotopic (exact) mass is 414 g/mol. The second-order valence-corrected chi connectivity index (χ2v) is 8.02. The van der Waals surface area contributed by atoms with Crippen molar-refractivity contribution in [3.63, 3.8) is 0 Å². The summed E-state index contributed by atoms with van der Waals surface area (Å²) in [6.07, 6.45) is 1.97. The minimum absolute atomic E-state index is 0.0519. The van der Waals surface area contributed by atoms with Crippen LogP contribution in [-0.4, -0.2) is 42.1 Å². The van der Waals surface area contributed by atoms with Gasteiger partial charge in [0.25, 0.3) is 0 Å². The van der Waals surface area contributed by atoms with Gasteiger partial charge < -0.3 is 15.0 Å². The highest BCUT2D eigenvalue weighted by Crippen LogP contribution is 2.23. The zero-order chi connectivity index (χ0) is 21.1. The Morgan fingerprint density at radius 3 is 2.41 bits per heavy atom. The van der Waals surface area contributed by atoms with Gasteiger partial charge in [-0.3, -0.25) is 9.59 Å². The van der Waals surface area contributed by atoms with Crippen LogP contribution in [0.4, 0.5) is 0 Å². The maximum absolute atomic E-state index is 12.7. The summed E-state index contributed by atoms with van der Waals surface area (Å²) in [5.41, 5.74) is 1.12. The van der Waals surface area contributed by atoms with Crippen LogP contribution in [0.1, 0.15) is 32.3 Å². The Morgan fingerprint density at radius 1 is 1.10 bits per heavy atom. The highest BCUT2D eigenvalue weighted by atomic mass is 32.2. The van der Waals surface area contributed by atoms with Crippen LogP contribution in [0, 0.1) is 0 Å². The molecule has 0 fully saturated rings. The number of nitrogens with one attached hydrogen (secondary N) is 1. The van der Waals surface area contributed by atoms with E-state index in [1.54, 1.807) is 23.7 Å². The van der Waals surface area contributed by atoms with E-state index in [0.29, 0.717) is 18.9 Å². The van der Waals surface area contributed by atoms with Gasteiger partial charge in [0.1, 0.15) is 18.4 Å². The summed E-state index contributed by atoms with van der Waals surface area (Å²) in [4.78, 5) is 26.9. The van der Waals surface area contributed by atoms with Gasteiger partial charge in [-0.25, -0.2) is 0 Å². The Bertz CT molecular complexity index is 765. The quantitative estimate of drug-likeness (QED) is 0.562. The summed E-state index contributed by atoms with van der Waals surface area (Å²) in [7, 11) is 1.79. The SMILES string of the molecule is CCCCN(C)C(=O)C(CSc1ccc(OCc2ccccc2)cc1)NC(C)=O. The van der Waals surface area contributed by atoms with Crippen molar-refractivity contribution in [2.75, 3.05) is 19.3 Å². The third-order valence-electron chi connectivity index (χ3n) is 4.39. The molecule has 0 bridgehead atoms. The van der Waals surface area contributed by atoms with Crippen LogP contribution in [0.3, 0.4) is 0 Å². The predicted octanol–water partition coefficient (Wildman–Crippen LogP) is 4.12. The average Bonchev–Trinajstić information content (AvgIpc) is 2.74. The number of nitrogens with zero attached hydrogens (tertiary/aromatic N) is 1. The van der Waals surface area contributed by atoms with Gasteiger partial charge in [-0.15, -0.1) is 11.8 Å². The van der Waals surface area contributed by atoms with Gasteiger partial charge in [0.05, 0.1) is 0 Å². The molecule has 5 nitrogen and oxygen atoms in total. The van der Waals surface area contributed by atoms with Gasteiger partial charge in [0, 0.05) is 31.2 Å². The van der Waals surface area contributed by atoms with E-state index in [4.69, 9.17) is 4.74 Å². The number of unbranched alkanes of at least 4 members (excludes halogenated alkanes) is 1. The van der Waals surface area contributed by atoms with E-state index >= 15 is 0 Å². The standard InChI is InChI=1S/C23H30N2O3S/c1-4-5-15-25(3)23(27)22(24-18(2)26)17-29-21-13-11-20(12-14-21)28-16-19-9-7-6-8-10-19/h6-14,22H,4-5,15-17H2,1-3H3,(H,24,26). The van der Waals surface area contributed by atoms with Crippen LogP contribution in [0.5, 0.6) is 5.75 Å². The van der Waals surface area contributed by atoms with E-state index in [1.807, 2.05) is 54.6 Å². The molecule has 2 amide bonds. The minimum atomic E-state index is -0.534. The second-order valence-electron chi connectivity index (χ2n) is 6.92. The molecule has 0 saturated heterocycles. The van der Waals surface area contributed by atoms with Gasteiger partial charge in [0.2, 0.25) is 11.8 Å². The zero-order valence-electron chi connectivity index (χ0n) is 17.4. The number of rotatable bonds is 11. The molecule has 2 aromatic rings. The van der Waals surface area contributed by atoms with E-state index < -0.39 is 6.04 Å². The van der Waals surface area contributed by atoms with Crippen molar-refractivity contribution in [3.8, 4) is 5.75 Å². The van der Waals surface area contributed by atoms with E-state index in [2.05, 4.69) is 12.2 Å². The third kappa shape index (κ3) is 8.20. The van der Waals surface area contributed by atoms with Crippen LogP contribution < -0.4 is 10.1 Å². The molecule has 0 spiro atoms. The maximum atomic E-state index is 12.7. The lowest BCUT2D eigenvalue weighted by atomic mass is 10.2. The van der Waals surface area contributed by atoms with E-state index in [1.165, 1.54) is 6.92 Å². The fourth-order valence-electron chi connectivity index (χ4n) is 2.74. The van der Waals surface area contributed by atoms with Gasteiger partial charge in [0.15, 0.2) is 0 Å². The molecule has 0 heterocycles. The summed E-state index contributed by atoms with van der Waals surface area (Å²) in [6, 6.07) is 17.3. The molecule has 0 aliphatic carbocycles. The molecular weight excluding hydrogens is 384 g/mol. The Morgan fingerprint density at radius 2 is 1.79 bits per heavy atom. The van der Waals surface area contributed by atoms with Crippen LogP contribution >= 0.6 is 11.8 Å². The van der Waals surface area contributed by atoms with Gasteiger partial charge >= 0.3 is 0 Å². The van der Waals surface area contributed by atoms with E-state index in [-0.39, 0.29) is 11.8 Å². The molecule has 1 atom stereocenters. The Hall–Kier alpha value is -2.47. The number of hydrogen-bond acceptors (Lipinski definition) is 4. The Balaban J connectivity index is 1.89. The highest BCUT2D eigenvalue weighted by molar-refractivity contribution is 7.99. The van der Waals surface area contributed by atoms with Crippen molar-refractivity contribution in [1.82, 2.24) is 10.2 Å². The molecule has 1 unspecified atom stereocenters. The molecule has 0 radical (unpaired) electrons. The van der Waals surface area contributed by atoms with Crippen LogP contribution in [-0.2, 0) is 16.2 Å². The average molecular weight is 415 g/mol.